The number of carbonyl (C=O) groups is 1. The molecular formula is C14H22N2O3S. The van der Waals surface area contributed by atoms with Crippen LogP contribution < -0.4 is 5.32 Å². The second-order valence-corrected chi connectivity index (χ2v) is 6.05. The SMILES string of the molecule is CCOC(=O)c1nc(NCCC2CCCCO2)sc1C. The molecule has 0 radical (unpaired) electrons. The monoisotopic (exact) mass is 298 g/mol. The van der Waals surface area contributed by atoms with Gasteiger partial charge in [0.25, 0.3) is 0 Å². The van der Waals surface area contributed by atoms with E-state index in [4.69, 9.17) is 9.47 Å². The minimum atomic E-state index is -0.343. The predicted molar refractivity (Wildman–Crippen MR) is 79.5 cm³/mol. The van der Waals surface area contributed by atoms with E-state index in [-0.39, 0.29) is 5.97 Å². The van der Waals surface area contributed by atoms with Crippen molar-refractivity contribution in [3.8, 4) is 0 Å². The smallest absolute Gasteiger partial charge is 0.358 e. The third-order valence-electron chi connectivity index (χ3n) is 3.28. The average Bonchev–Trinajstić information content (AvgIpc) is 2.81. The van der Waals surface area contributed by atoms with Crippen molar-refractivity contribution in [1.29, 1.82) is 0 Å². The Balaban J connectivity index is 1.81. The van der Waals surface area contributed by atoms with Gasteiger partial charge in [-0.15, -0.1) is 11.3 Å². The molecule has 0 bridgehead atoms. The maximum Gasteiger partial charge on any atom is 0.358 e. The van der Waals surface area contributed by atoms with Gasteiger partial charge < -0.3 is 14.8 Å². The Labute approximate surface area is 123 Å². The number of thiazole rings is 1. The third-order valence-corrected chi connectivity index (χ3v) is 4.21. The first-order chi connectivity index (χ1) is 9.70. The maximum atomic E-state index is 11.7. The first-order valence-electron chi connectivity index (χ1n) is 7.20. The van der Waals surface area contributed by atoms with Gasteiger partial charge in [-0.05, 0) is 39.5 Å². The molecule has 0 saturated carbocycles. The Morgan fingerprint density at radius 1 is 1.55 bits per heavy atom. The quantitative estimate of drug-likeness (QED) is 0.818. The second kappa shape index (κ2) is 7.59. The minimum Gasteiger partial charge on any atom is -0.461 e. The molecule has 1 aromatic heterocycles. The lowest BCUT2D eigenvalue weighted by Gasteiger charge is -2.22. The molecule has 1 aliphatic rings. The lowest BCUT2D eigenvalue weighted by molar-refractivity contribution is 0.0134. The summed E-state index contributed by atoms with van der Waals surface area (Å²) in [6, 6.07) is 0. The van der Waals surface area contributed by atoms with E-state index in [1.807, 2.05) is 6.92 Å². The van der Waals surface area contributed by atoms with Crippen LogP contribution in [0, 0.1) is 6.92 Å². The molecule has 1 fully saturated rings. The van der Waals surface area contributed by atoms with Crippen LogP contribution in [0.25, 0.3) is 0 Å². The van der Waals surface area contributed by atoms with Gasteiger partial charge in [0.2, 0.25) is 0 Å². The number of esters is 1. The molecule has 0 spiro atoms. The Morgan fingerprint density at radius 3 is 3.10 bits per heavy atom. The molecule has 2 heterocycles. The summed E-state index contributed by atoms with van der Waals surface area (Å²) < 4.78 is 10.7. The van der Waals surface area contributed by atoms with Gasteiger partial charge in [-0.2, -0.15) is 0 Å². The Morgan fingerprint density at radius 2 is 2.40 bits per heavy atom. The summed E-state index contributed by atoms with van der Waals surface area (Å²) in [4.78, 5) is 16.9. The Kier molecular flexibility index (Phi) is 5.79. The second-order valence-electron chi connectivity index (χ2n) is 4.85. The number of hydrogen-bond donors (Lipinski definition) is 1. The number of nitrogens with one attached hydrogen (secondary N) is 1. The molecule has 1 unspecified atom stereocenters. The van der Waals surface area contributed by atoms with Crippen LogP contribution in [-0.4, -0.2) is 36.8 Å². The van der Waals surface area contributed by atoms with E-state index in [0.29, 0.717) is 18.4 Å². The molecule has 0 amide bonds. The molecule has 1 aliphatic heterocycles. The first-order valence-corrected chi connectivity index (χ1v) is 8.02. The maximum absolute atomic E-state index is 11.7. The molecule has 1 saturated heterocycles. The van der Waals surface area contributed by atoms with Gasteiger partial charge in [0.15, 0.2) is 10.8 Å². The highest BCUT2D eigenvalue weighted by Crippen LogP contribution is 2.23. The van der Waals surface area contributed by atoms with Gasteiger partial charge in [-0.25, -0.2) is 9.78 Å². The lowest BCUT2D eigenvalue weighted by Crippen LogP contribution is -2.21. The van der Waals surface area contributed by atoms with Crippen LogP contribution in [0.15, 0.2) is 0 Å². The van der Waals surface area contributed by atoms with Crippen LogP contribution >= 0.6 is 11.3 Å². The third kappa shape index (κ3) is 4.18. The fourth-order valence-electron chi connectivity index (χ4n) is 2.24. The van der Waals surface area contributed by atoms with Crippen molar-refractivity contribution in [2.24, 2.45) is 0 Å². The molecule has 112 valence electrons. The zero-order chi connectivity index (χ0) is 14.4. The van der Waals surface area contributed by atoms with Gasteiger partial charge in [-0.3, -0.25) is 0 Å². The minimum absolute atomic E-state index is 0.343. The molecule has 0 aromatic carbocycles. The van der Waals surface area contributed by atoms with Gasteiger partial charge in [0.05, 0.1) is 12.7 Å². The van der Waals surface area contributed by atoms with Crippen LogP contribution in [0.2, 0.25) is 0 Å². The van der Waals surface area contributed by atoms with E-state index in [9.17, 15) is 4.79 Å². The highest BCUT2D eigenvalue weighted by Gasteiger charge is 2.17. The van der Waals surface area contributed by atoms with Crippen LogP contribution in [-0.2, 0) is 9.47 Å². The van der Waals surface area contributed by atoms with E-state index in [1.165, 1.54) is 24.2 Å². The number of nitrogens with zero attached hydrogens (tertiary/aromatic N) is 1. The number of hydrogen-bond acceptors (Lipinski definition) is 6. The summed E-state index contributed by atoms with van der Waals surface area (Å²) in [5, 5.41) is 4.05. The normalized spacial score (nSPS) is 18.8. The van der Waals surface area contributed by atoms with E-state index < -0.39 is 0 Å². The van der Waals surface area contributed by atoms with Crippen molar-refractivity contribution >= 4 is 22.4 Å². The molecule has 1 atom stereocenters. The summed E-state index contributed by atoms with van der Waals surface area (Å²) in [6.45, 7) is 5.76. The Hall–Kier alpha value is -1.14. The summed E-state index contributed by atoms with van der Waals surface area (Å²) in [5.74, 6) is -0.343. The van der Waals surface area contributed by atoms with Crippen molar-refractivity contribution in [3.63, 3.8) is 0 Å². The standard InChI is InChI=1S/C14H22N2O3S/c1-3-18-13(17)12-10(2)20-14(16-12)15-8-7-11-6-4-5-9-19-11/h11H,3-9H2,1-2H3,(H,15,16). The number of anilines is 1. The van der Waals surface area contributed by atoms with Gasteiger partial charge in [-0.1, -0.05) is 0 Å². The van der Waals surface area contributed by atoms with Crippen LogP contribution in [0.4, 0.5) is 5.13 Å². The number of aryl methyl sites for hydroxylation is 1. The van der Waals surface area contributed by atoms with Crippen molar-refractivity contribution in [1.82, 2.24) is 4.98 Å². The molecule has 1 aromatic rings. The molecular weight excluding hydrogens is 276 g/mol. The highest BCUT2D eigenvalue weighted by atomic mass is 32.1. The predicted octanol–water partition coefficient (Wildman–Crippen LogP) is 3.00. The highest BCUT2D eigenvalue weighted by molar-refractivity contribution is 7.15. The van der Waals surface area contributed by atoms with Gasteiger partial charge in [0, 0.05) is 18.0 Å². The average molecular weight is 298 g/mol. The molecule has 0 aliphatic carbocycles. The van der Waals surface area contributed by atoms with Crippen molar-refractivity contribution in [3.05, 3.63) is 10.6 Å². The molecule has 5 nitrogen and oxygen atoms in total. The fourth-order valence-corrected chi connectivity index (χ4v) is 3.06. The van der Waals surface area contributed by atoms with Crippen molar-refractivity contribution < 1.29 is 14.3 Å². The van der Waals surface area contributed by atoms with Crippen LogP contribution in [0.5, 0.6) is 0 Å². The summed E-state index contributed by atoms with van der Waals surface area (Å²) in [7, 11) is 0. The zero-order valence-corrected chi connectivity index (χ0v) is 12.9. The molecule has 2 rings (SSSR count). The van der Waals surface area contributed by atoms with Gasteiger partial charge in [0.1, 0.15) is 0 Å². The van der Waals surface area contributed by atoms with Gasteiger partial charge >= 0.3 is 5.97 Å². The van der Waals surface area contributed by atoms with E-state index in [0.717, 1.165) is 36.0 Å². The number of carbonyl (C=O) groups excluding carboxylic acids is 1. The number of ether oxygens (including phenoxy) is 2. The number of rotatable bonds is 6. The van der Waals surface area contributed by atoms with Crippen molar-refractivity contribution in [2.45, 2.75) is 45.6 Å². The lowest BCUT2D eigenvalue weighted by atomic mass is 10.1. The largest absolute Gasteiger partial charge is 0.461 e. The first kappa shape index (κ1) is 15.3. The summed E-state index contributed by atoms with van der Waals surface area (Å²) in [6.07, 6.45) is 4.92. The molecule has 1 N–H and O–H groups in total. The molecule has 20 heavy (non-hydrogen) atoms. The van der Waals surface area contributed by atoms with Crippen LogP contribution in [0.1, 0.15) is 48.0 Å². The van der Waals surface area contributed by atoms with E-state index >= 15 is 0 Å². The van der Waals surface area contributed by atoms with Crippen LogP contribution in [0.3, 0.4) is 0 Å². The molecule has 6 heteroatoms. The summed E-state index contributed by atoms with van der Waals surface area (Å²) >= 11 is 1.49. The van der Waals surface area contributed by atoms with E-state index in [2.05, 4.69) is 10.3 Å². The zero-order valence-electron chi connectivity index (χ0n) is 12.1. The summed E-state index contributed by atoms with van der Waals surface area (Å²) in [5.41, 5.74) is 0.424. The van der Waals surface area contributed by atoms with E-state index in [1.54, 1.807) is 6.92 Å². The van der Waals surface area contributed by atoms with Crippen molar-refractivity contribution in [2.75, 3.05) is 25.1 Å². The fraction of sp³-hybridized carbons (Fsp3) is 0.714. The number of aromatic nitrogens is 1. The topological polar surface area (TPSA) is 60.5 Å². The Bertz CT molecular complexity index is 442.